The van der Waals surface area contributed by atoms with Crippen molar-refractivity contribution >= 4 is 23.1 Å². The summed E-state index contributed by atoms with van der Waals surface area (Å²) in [7, 11) is 0. The zero-order chi connectivity index (χ0) is 24.6. The van der Waals surface area contributed by atoms with Crippen LogP contribution in [0.1, 0.15) is 23.6 Å². The van der Waals surface area contributed by atoms with Crippen molar-refractivity contribution in [3.8, 4) is 5.75 Å². The van der Waals surface area contributed by atoms with Crippen molar-refractivity contribution in [2.24, 2.45) is 5.92 Å². The van der Waals surface area contributed by atoms with E-state index in [4.69, 9.17) is 10.1 Å². The summed E-state index contributed by atoms with van der Waals surface area (Å²) in [6.45, 7) is 6.01. The summed E-state index contributed by atoms with van der Waals surface area (Å²) in [4.78, 5) is 20.2. The van der Waals surface area contributed by atoms with Gasteiger partial charge in [-0.05, 0) is 48.0 Å². The lowest BCUT2D eigenvalue weighted by atomic mass is 10.00. The van der Waals surface area contributed by atoms with Crippen molar-refractivity contribution in [3.05, 3.63) is 115 Å². The quantitative estimate of drug-likeness (QED) is 0.300. The fraction of sp³-hybridized carbons (Fsp3) is 0.143. The summed E-state index contributed by atoms with van der Waals surface area (Å²) in [6.07, 6.45) is 12.5. The fourth-order valence-electron chi connectivity index (χ4n) is 3.67. The molecule has 1 heterocycles. The van der Waals surface area contributed by atoms with E-state index in [1.54, 1.807) is 6.20 Å². The third-order valence-electron chi connectivity index (χ3n) is 5.65. The molecule has 0 bridgehead atoms. The minimum absolute atomic E-state index is 0.0113. The van der Waals surface area contributed by atoms with Gasteiger partial charge in [0.25, 0.3) is 0 Å². The van der Waals surface area contributed by atoms with Crippen LogP contribution in [-0.2, 0) is 11.3 Å². The van der Waals surface area contributed by atoms with Crippen molar-refractivity contribution in [3.63, 3.8) is 0 Å². The molecule has 7 nitrogen and oxygen atoms in total. The molecule has 1 aromatic heterocycles. The Balaban J connectivity index is 1.47. The maximum Gasteiger partial charge on any atom is 0.247 e. The monoisotopic (exact) mass is 465 g/mol. The molecule has 2 unspecified atom stereocenters. The second-order valence-corrected chi connectivity index (χ2v) is 8.10. The van der Waals surface area contributed by atoms with Gasteiger partial charge in [0, 0.05) is 29.9 Å². The molecule has 2 aromatic carbocycles. The van der Waals surface area contributed by atoms with Crippen molar-refractivity contribution < 1.29 is 9.53 Å². The van der Waals surface area contributed by atoms with Gasteiger partial charge in [-0.15, -0.1) is 0 Å². The molecule has 176 valence electrons. The number of hydrogen-bond acceptors (Lipinski definition) is 6. The number of hydrogen-bond donors (Lipinski definition) is 3. The van der Waals surface area contributed by atoms with Crippen LogP contribution in [0.4, 0.5) is 11.5 Å². The highest BCUT2D eigenvalue weighted by Crippen LogP contribution is 2.23. The molecule has 0 fully saturated rings. The van der Waals surface area contributed by atoms with E-state index < -0.39 is 0 Å². The largest absolute Gasteiger partial charge is 0.486 e. The molecule has 3 N–H and O–H groups in total. The second kappa shape index (κ2) is 11.1. The molecule has 1 amide bonds. The Labute approximate surface area is 204 Å². The standard InChI is InChI=1S/C28H27N5O2/c1-3-26(34)33-24-10-6-5-9-21(24)16-31-28-23(17-30-18-32-28)27(29)20-12-14-22(15-13-20)35-25-11-7-4-8-19(25)2/h3-15,17-19,25,29H,1,16H2,2H3,(H,33,34)(H,30,31,32). The molecule has 7 heteroatoms. The van der Waals surface area contributed by atoms with Gasteiger partial charge in [-0.25, -0.2) is 9.97 Å². The van der Waals surface area contributed by atoms with Gasteiger partial charge in [0.15, 0.2) is 0 Å². The van der Waals surface area contributed by atoms with E-state index in [2.05, 4.69) is 40.2 Å². The molecular formula is C28H27N5O2. The Morgan fingerprint density at radius 3 is 2.69 bits per heavy atom. The molecule has 0 aliphatic heterocycles. The summed E-state index contributed by atoms with van der Waals surface area (Å²) in [5.41, 5.74) is 3.15. The first-order valence-electron chi connectivity index (χ1n) is 11.3. The van der Waals surface area contributed by atoms with Crippen LogP contribution in [-0.4, -0.2) is 27.7 Å². The Morgan fingerprint density at radius 1 is 1.14 bits per heavy atom. The minimum Gasteiger partial charge on any atom is -0.486 e. The summed E-state index contributed by atoms with van der Waals surface area (Å²) in [5.74, 6) is 1.30. The number of anilines is 2. The molecule has 2 atom stereocenters. The van der Waals surface area contributed by atoms with Crippen LogP contribution in [0.5, 0.6) is 5.75 Å². The van der Waals surface area contributed by atoms with E-state index in [0.29, 0.717) is 35.2 Å². The number of para-hydroxylation sites is 1. The molecule has 3 aromatic rings. The summed E-state index contributed by atoms with van der Waals surface area (Å²) >= 11 is 0. The predicted octanol–water partition coefficient (Wildman–Crippen LogP) is 5.14. The Bertz CT molecular complexity index is 1280. The van der Waals surface area contributed by atoms with Gasteiger partial charge >= 0.3 is 0 Å². The maximum absolute atomic E-state index is 11.7. The lowest BCUT2D eigenvalue weighted by Crippen LogP contribution is -2.22. The van der Waals surface area contributed by atoms with E-state index in [-0.39, 0.29) is 12.0 Å². The molecule has 0 saturated carbocycles. The summed E-state index contributed by atoms with van der Waals surface area (Å²) in [6, 6.07) is 15.0. The van der Waals surface area contributed by atoms with Crippen LogP contribution >= 0.6 is 0 Å². The first-order chi connectivity index (χ1) is 17.0. The highest BCUT2D eigenvalue weighted by molar-refractivity contribution is 6.13. The lowest BCUT2D eigenvalue weighted by molar-refractivity contribution is -0.111. The molecule has 0 saturated heterocycles. The van der Waals surface area contributed by atoms with Crippen LogP contribution in [0.25, 0.3) is 0 Å². The van der Waals surface area contributed by atoms with Gasteiger partial charge in [0.05, 0.1) is 11.3 Å². The molecule has 4 rings (SSSR count). The number of ether oxygens (including phenoxy) is 1. The van der Waals surface area contributed by atoms with Crippen molar-refractivity contribution in [2.45, 2.75) is 19.6 Å². The number of aromatic nitrogens is 2. The van der Waals surface area contributed by atoms with Crippen LogP contribution in [0.2, 0.25) is 0 Å². The van der Waals surface area contributed by atoms with Crippen molar-refractivity contribution in [2.75, 3.05) is 10.6 Å². The summed E-state index contributed by atoms with van der Waals surface area (Å²) in [5, 5.41) is 14.8. The number of carbonyl (C=O) groups excluding carboxylic acids is 1. The third-order valence-corrected chi connectivity index (χ3v) is 5.65. The fourth-order valence-corrected chi connectivity index (χ4v) is 3.67. The average Bonchev–Trinajstić information content (AvgIpc) is 2.89. The normalized spacial score (nSPS) is 16.4. The lowest BCUT2D eigenvalue weighted by Gasteiger charge is -2.22. The van der Waals surface area contributed by atoms with Gasteiger partial charge < -0.3 is 15.4 Å². The maximum atomic E-state index is 11.7. The van der Waals surface area contributed by atoms with E-state index in [0.717, 1.165) is 16.9 Å². The number of nitrogens with one attached hydrogen (secondary N) is 3. The van der Waals surface area contributed by atoms with E-state index in [9.17, 15) is 4.79 Å². The molecule has 0 spiro atoms. The van der Waals surface area contributed by atoms with E-state index in [1.165, 1.54) is 12.4 Å². The Kier molecular flexibility index (Phi) is 7.47. The topological polar surface area (TPSA) is 100.0 Å². The minimum atomic E-state index is -0.278. The van der Waals surface area contributed by atoms with Crippen LogP contribution < -0.4 is 15.4 Å². The molecule has 1 aliphatic carbocycles. The predicted molar refractivity (Wildman–Crippen MR) is 139 cm³/mol. The molecule has 35 heavy (non-hydrogen) atoms. The van der Waals surface area contributed by atoms with Gasteiger partial charge in [0.1, 0.15) is 24.0 Å². The van der Waals surface area contributed by atoms with Crippen LogP contribution in [0.15, 0.2) is 98.0 Å². The third kappa shape index (κ3) is 5.89. The van der Waals surface area contributed by atoms with Crippen molar-refractivity contribution in [1.29, 1.82) is 5.41 Å². The number of rotatable bonds is 9. The average molecular weight is 466 g/mol. The smallest absolute Gasteiger partial charge is 0.247 e. The van der Waals surface area contributed by atoms with Crippen LogP contribution in [0.3, 0.4) is 0 Å². The number of allylic oxidation sites excluding steroid dienone is 2. The van der Waals surface area contributed by atoms with Crippen molar-refractivity contribution in [1.82, 2.24) is 9.97 Å². The van der Waals surface area contributed by atoms with Gasteiger partial charge in [-0.3, -0.25) is 10.2 Å². The first kappa shape index (κ1) is 23.6. The van der Waals surface area contributed by atoms with Gasteiger partial charge in [-0.2, -0.15) is 0 Å². The molecule has 1 aliphatic rings. The summed E-state index contributed by atoms with van der Waals surface area (Å²) < 4.78 is 6.08. The van der Waals surface area contributed by atoms with Gasteiger partial charge in [0.2, 0.25) is 5.91 Å². The number of nitrogens with zero attached hydrogens (tertiary/aromatic N) is 2. The number of carbonyl (C=O) groups is 1. The number of amides is 1. The van der Waals surface area contributed by atoms with E-state index in [1.807, 2.05) is 66.8 Å². The zero-order valence-electron chi connectivity index (χ0n) is 19.4. The SMILES string of the molecule is C=CC(=O)Nc1ccccc1CNc1ncncc1C(=N)c1ccc(OC2C=CC=CC2C)cc1. The van der Waals surface area contributed by atoms with Crippen LogP contribution in [0, 0.1) is 11.3 Å². The molecule has 0 radical (unpaired) electrons. The highest BCUT2D eigenvalue weighted by Gasteiger charge is 2.17. The Morgan fingerprint density at radius 2 is 1.91 bits per heavy atom. The van der Waals surface area contributed by atoms with Gasteiger partial charge in [-0.1, -0.05) is 49.9 Å². The highest BCUT2D eigenvalue weighted by atomic mass is 16.5. The zero-order valence-corrected chi connectivity index (χ0v) is 19.4. The van der Waals surface area contributed by atoms with E-state index >= 15 is 0 Å². The molecular weight excluding hydrogens is 438 g/mol. The first-order valence-corrected chi connectivity index (χ1v) is 11.3. The Hall–Kier alpha value is -4.52. The second-order valence-electron chi connectivity index (χ2n) is 8.10. The number of benzene rings is 2.